The smallest absolute Gasteiger partial charge is 0.265 e. The fourth-order valence-corrected chi connectivity index (χ4v) is 6.98. The molecule has 1 spiro atoms. The van der Waals surface area contributed by atoms with E-state index in [1.54, 1.807) is 31.2 Å². The van der Waals surface area contributed by atoms with Crippen LogP contribution in [0.15, 0.2) is 41.3 Å². The number of fused-ring (bicyclic) bond motifs is 2. The van der Waals surface area contributed by atoms with E-state index in [0.717, 1.165) is 38.8 Å². The Morgan fingerprint density at radius 1 is 1.16 bits per heavy atom. The average Bonchev–Trinajstić information content (AvgIpc) is 3.47. The van der Waals surface area contributed by atoms with Crippen molar-refractivity contribution in [3.05, 3.63) is 47.5 Å². The van der Waals surface area contributed by atoms with E-state index in [9.17, 15) is 18.0 Å². The zero-order chi connectivity index (χ0) is 26.2. The van der Waals surface area contributed by atoms with E-state index in [1.165, 1.54) is 12.1 Å². The van der Waals surface area contributed by atoms with Crippen LogP contribution in [0, 0.1) is 0 Å². The number of hydrogen-bond acceptors (Lipinski definition) is 6. The molecule has 2 fully saturated rings. The number of nitrogens with one attached hydrogen (secondary N) is 3. The first-order valence-corrected chi connectivity index (χ1v) is 14.5. The van der Waals surface area contributed by atoms with Crippen molar-refractivity contribution in [2.75, 3.05) is 36.8 Å². The lowest BCUT2D eigenvalue weighted by Crippen LogP contribution is -2.43. The van der Waals surface area contributed by atoms with Gasteiger partial charge in [-0.3, -0.25) is 14.3 Å². The van der Waals surface area contributed by atoms with Crippen LogP contribution < -0.4 is 20.1 Å². The predicted molar refractivity (Wildman–Crippen MR) is 142 cm³/mol. The van der Waals surface area contributed by atoms with Crippen molar-refractivity contribution in [1.29, 1.82) is 0 Å². The molecular formula is C27H34N4O5S. The topological polar surface area (TPSA) is 117 Å². The van der Waals surface area contributed by atoms with Crippen LogP contribution in [0.3, 0.4) is 0 Å². The third kappa shape index (κ3) is 4.80. The van der Waals surface area contributed by atoms with Crippen LogP contribution in [-0.4, -0.2) is 57.9 Å². The summed E-state index contributed by atoms with van der Waals surface area (Å²) in [5.41, 5.74) is 0.991. The molecule has 3 N–H and O–H groups in total. The van der Waals surface area contributed by atoms with Gasteiger partial charge < -0.3 is 20.3 Å². The van der Waals surface area contributed by atoms with E-state index < -0.39 is 15.4 Å². The molecule has 2 heterocycles. The van der Waals surface area contributed by atoms with Crippen LogP contribution in [0.25, 0.3) is 0 Å². The standard InChI is InChI=1S/C27H34N4O5S/c1-3-36-22-8-4-5-9-23(22)37(34,35)30-19-16-20(25(32)28-18-10-14-31(2)15-11-18)24-21(17-19)27(26(33)29-24)12-6-7-13-27/h4-5,8-9,16-18,30H,3,6-7,10-15H2,1-2H3,(H,28,32)(H,29,33). The Morgan fingerprint density at radius 2 is 1.86 bits per heavy atom. The number of hydrogen-bond donors (Lipinski definition) is 3. The maximum Gasteiger partial charge on any atom is 0.265 e. The number of anilines is 2. The number of nitrogens with zero attached hydrogens (tertiary/aromatic N) is 1. The minimum absolute atomic E-state index is 0.0134. The van der Waals surface area contributed by atoms with Crippen molar-refractivity contribution in [3.8, 4) is 5.75 Å². The Labute approximate surface area is 218 Å². The maximum atomic E-state index is 13.5. The van der Waals surface area contributed by atoms with Crippen molar-refractivity contribution in [1.82, 2.24) is 10.2 Å². The summed E-state index contributed by atoms with van der Waals surface area (Å²) >= 11 is 0. The number of para-hydroxylation sites is 1. The van der Waals surface area contributed by atoms with Gasteiger partial charge in [-0.2, -0.15) is 0 Å². The van der Waals surface area contributed by atoms with E-state index in [4.69, 9.17) is 4.74 Å². The second kappa shape index (κ2) is 9.98. The first kappa shape index (κ1) is 25.5. The predicted octanol–water partition coefficient (Wildman–Crippen LogP) is 3.47. The molecule has 198 valence electrons. The van der Waals surface area contributed by atoms with E-state index in [-0.39, 0.29) is 39.8 Å². The minimum atomic E-state index is -4.03. The molecule has 2 aliphatic heterocycles. The molecule has 1 aliphatic carbocycles. The molecule has 2 aromatic rings. The number of piperidine rings is 1. The number of likely N-dealkylation sites (tertiary alicyclic amines) is 1. The van der Waals surface area contributed by atoms with Gasteiger partial charge in [0.15, 0.2) is 0 Å². The largest absolute Gasteiger partial charge is 0.492 e. The van der Waals surface area contributed by atoms with Gasteiger partial charge in [-0.15, -0.1) is 0 Å². The normalized spacial score (nSPS) is 19.5. The summed E-state index contributed by atoms with van der Waals surface area (Å²) in [5, 5.41) is 6.08. The van der Waals surface area contributed by atoms with Crippen LogP contribution in [0.1, 0.15) is 61.4 Å². The first-order chi connectivity index (χ1) is 17.7. The molecule has 37 heavy (non-hydrogen) atoms. The molecule has 3 aliphatic rings. The molecule has 1 saturated heterocycles. The van der Waals surface area contributed by atoms with Crippen LogP contribution in [0.2, 0.25) is 0 Å². The number of carbonyl (C=O) groups excluding carboxylic acids is 2. The van der Waals surface area contributed by atoms with Gasteiger partial charge in [-0.25, -0.2) is 8.42 Å². The number of amides is 2. The molecule has 10 heteroatoms. The summed E-state index contributed by atoms with van der Waals surface area (Å²) in [4.78, 5) is 28.9. The molecule has 2 aromatic carbocycles. The van der Waals surface area contributed by atoms with Gasteiger partial charge >= 0.3 is 0 Å². The van der Waals surface area contributed by atoms with Gasteiger partial charge in [-0.1, -0.05) is 25.0 Å². The van der Waals surface area contributed by atoms with E-state index in [2.05, 4.69) is 27.3 Å². The zero-order valence-corrected chi connectivity index (χ0v) is 22.1. The van der Waals surface area contributed by atoms with Crippen molar-refractivity contribution >= 4 is 33.2 Å². The molecule has 5 rings (SSSR count). The second-order valence-electron chi connectivity index (χ2n) is 10.2. The lowest BCUT2D eigenvalue weighted by atomic mass is 9.79. The van der Waals surface area contributed by atoms with Crippen LogP contribution in [0.5, 0.6) is 5.75 Å². The number of ether oxygens (including phenoxy) is 1. The molecule has 0 bridgehead atoms. The van der Waals surface area contributed by atoms with Gasteiger partial charge in [0.05, 0.1) is 29.0 Å². The Balaban J connectivity index is 1.53. The highest BCUT2D eigenvalue weighted by Gasteiger charge is 2.50. The van der Waals surface area contributed by atoms with Crippen molar-refractivity contribution in [2.45, 2.75) is 61.8 Å². The monoisotopic (exact) mass is 526 g/mol. The Hall–Kier alpha value is -3.11. The summed E-state index contributed by atoms with van der Waals surface area (Å²) in [6.07, 6.45) is 4.82. The summed E-state index contributed by atoms with van der Waals surface area (Å²) in [6, 6.07) is 9.71. The molecule has 0 radical (unpaired) electrons. The fraction of sp³-hybridized carbons (Fsp3) is 0.481. The Bertz CT molecular complexity index is 1310. The summed E-state index contributed by atoms with van der Waals surface area (Å²) in [7, 11) is -1.97. The quantitative estimate of drug-likeness (QED) is 0.509. The minimum Gasteiger partial charge on any atom is -0.492 e. The van der Waals surface area contributed by atoms with Crippen molar-refractivity contribution < 1.29 is 22.7 Å². The fourth-order valence-electron chi connectivity index (χ4n) is 5.80. The molecule has 1 saturated carbocycles. The van der Waals surface area contributed by atoms with Crippen LogP contribution >= 0.6 is 0 Å². The highest BCUT2D eigenvalue weighted by Crippen LogP contribution is 2.51. The summed E-state index contributed by atoms with van der Waals surface area (Å²) in [5.74, 6) is -0.171. The number of rotatable bonds is 7. The van der Waals surface area contributed by atoms with E-state index in [0.29, 0.717) is 30.7 Å². The summed E-state index contributed by atoms with van der Waals surface area (Å²) in [6.45, 7) is 3.89. The molecule has 0 aromatic heterocycles. The third-order valence-corrected chi connectivity index (χ3v) is 9.19. The highest BCUT2D eigenvalue weighted by atomic mass is 32.2. The Morgan fingerprint density at radius 3 is 2.57 bits per heavy atom. The van der Waals surface area contributed by atoms with Crippen LogP contribution in [-0.2, 0) is 20.2 Å². The van der Waals surface area contributed by atoms with Gasteiger partial charge in [0.1, 0.15) is 10.6 Å². The van der Waals surface area contributed by atoms with Gasteiger partial charge in [0.2, 0.25) is 5.91 Å². The van der Waals surface area contributed by atoms with Crippen molar-refractivity contribution in [2.24, 2.45) is 0 Å². The molecule has 0 unspecified atom stereocenters. The average molecular weight is 527 g/mol. The third-order valence-electron chi connectivity index (χ3n) is 7.77. The molecule has 0 atom stereocenters. The van der Waals surface area contributed by atoms with E-state index >= 15 is 0 Å². The molecular weight excluding hydrogens is 492 g/mol. The summed E-state index contributed by atoms with van der Waals surface area (Å²) < 4.78 is 35.0. The number of sulfonamides is 1. The molecule has 2 amide bonds. The SMILES string of the molecule is CCOc1ccccc1S(=O)(=O)Nc1cc(C(=O)NC2CCN(C)CC2)c2c(c1)C1(CCCC1)C(=O)N2. The zero-order valence-electron chi connectivity index (χ0n) is 21.3. The van der Waals surface area contributed by atoms with Gasteiger partial charge in [0.25, 0.3) is 15.9 Å². The van der Waals surface area contributed by atoms with Gasteiger partial charge in [-0.05, 0) is 82.6 Å². The lowest BCUT2D eigenvalue weighted by Gasteiger charge is -2.29. The van der Waals surface area contributed by atoms with E-state index in [1.807, 2.05) is 0 Å². The highest BCUT2D eigenvalue weighted by molar-refractivity contribution is 7.92. The van der Waals surface area contributed by atoms with Crippen LogP contribution in [0.4, 0.5) is 11.4 Å². The van der Waals surface area contributed by atoms with Gasteiger partial charge in [0, 0.05) is 6.04 Å². The first-order valence-electron chi connectivity index (χ1n) is 13.0. The maximum absolute atomic E-state index is 13.5. The lowest BCUT2D eigenvalue weighted by molar-refractivity contribution is -0.120. The number of carbonyl (C=O) groups is 2. The van der Waals surface area contributed by atoms with Crippen molar-refractivity contribution in [3.63, 3.8) is 0 Å². The molecule has 9 nitrogen and oxygen atoms in total. The number of benzene rings is 2. The Kier molecular flexibility index (Phi) is 6.89. The second-order valence-corrected chi connectivity index (χ2v) is 11.9.